The Kier molecular flexibility index (Phi) is 4.22. The molecule has 2 rings (SSSR count). The van der Waals surface area contributed by atoms with Gasteiger partial charge in [0, 0.05) is 21.1 Å². The van der Waals surface area contributed by atoms with E-state index in [1.807, 2.05) is 36.4 Å². The van der Waals surface area contributed by atoms with Crippen molar-refractivity contribution in [2.24, 2.45) is 10.9 Å². The Morgan fingerprint density at radius 1 is 1.28 bits per heavy atom. The van der Waals surface area contributed by atoms with Gasteiger partial charge in [0.2, 0.25) is 0 Å². The predicted molar refractivity (Wildman–Crippen MR) is 75.0 cm³/mol. The molecule has 6 heteroatoms. The van der Waals surface area contributed by atoms with E-state index in [1.54, 1.807) is 6.20 Å². The maximum absolute atomic E-state index is 8.82. The number of hydrogen-bond donors (Lipinski definition) is 2. The van der Waals surface area contributed by atoms with Crippen LogP contribution in [0.25, 0.3) is 0 Å². The maximum atomic E-state index is 8.82. The van der Waals surface area contributed by atoms with Crippen molar-refractivity contribution in [3.05, 3.63) is 52.6 Å². The maximum Gasteiger partial charge on any atom is 0.172 e. The molecule has 1 heterocycles. The number of benzene rings is 1. The number of hydrogen-bond acceptors (Lipinski definition) is 4. The first-order valence-electron chi connectivity index (χ1n) is 5.07. The van der Waals surface area contributed by atoms with Gasteiger partial charge in [0.25, 0.3) is 0 Å². The fourth-order valence-corrected chi connectivity index (χ4v) is 3.06. The molecule has 0 spiro atoms. The smallest absolute Gasteiger partial charge is 0.172 e. The van der Waals surface area contributed by atoms with Crippen LogP contribution in [0.1, 0.15) is 5.56 Å². The lowest BCUT2D eigenvalue weighted by Crippen LogP contribution is -2.15. The van der Waals surface area contributed by atoms with E-state index in [9.17, 15) is 0 Å². The van der Waals surface area contributed by atoms with Crippen LogP contribution in [0.4, 0.5) is 0 Å². The molecule has 0 atom stereocenters. The summed E-state index contributed by atoms with van der Waals surface area (Å²) in [5.41, 5.74) is 6.35. The lowest BCUT2D eigenvalue weighted by atomic mass is 10.2. The minimum atomic E-state index is 0.0703. The van der Waals surface area contributed by atoms with Crippen LogP contribution in [0.3, 0.4) is 0 Å². The summed E-state index contributed by atoms with van der Waals surface area (Å²) in [5.74, 6) is 0.0703. The molecule has 0 amide bonds. The molecule has 0 saturated heterocycles. The monoisotopic (exact) mass is 323 g/mol. The lowest BCUT2D eigenvalue weighted by Gasteiger charge is -2.09. The Hall–Kier alpha value is -1.53. The molecule has 2 aromatic rings. The first-order chi connectivity index (χ1) is 8.72. The van der Waals surface area contributed by atoms with Crippen molar-refractivity contribution >= 4 is 33.5 Å². The van der Waals surface area contributed by atoms with E-state index in [4.69, 9.17) is 10.9 Å². The molecule has 18 heavy (non-hydrogen) atoms. The van der Waals surface area contributed by atoms with Gasteiger partial charge in [-0.15, -0.1) is 0 Å². The summed E-state index contributed by atoms with van der Waals surface area (Å²) in [4.78, 5) is 5.11. The molecular weight excluding hydrogens is 314 g/mol. The van der Waals surface area contributed by atoms with E-state index in [0.29, 0.717) is 5.56 Å². The van der Waals surface area contributed by atoms with E-state index >= 15 is 0 Å². The van der Waals surface area contributed by atoms with Gasteiger partial charge in [-0.25, -0.2) is 4.98 Å². The first kappa shape index (κ1) is 12.9. The Labute approximate surface area is 117 Å². The Morgan fingerprint density at radius 2 is 2.11 bits per heavy atom. The largest absolute Gasteiger partial charge is 0.409 e. The normalized spacial score (nSPS) is 11.5. The minimum absolute atomic E-state index is 0.0703. The second kappa shape index (κ2) is 5.88. The SMILES string of the molecule is N/C(=N/O)c1c(Br)cccc1Sc1ccccn1. The zero-order valence-corrected chi connectivity index (χ0v) is 11.6. The van der Waals surface area contributed by atoms with Crippen molar-refractivity contribution in [1.29, 1.82) is 0 Å². The quantitative estimate of drug-likeness (QED) is 0.394. The van der Waals surface area contributed by atoms with Crippen molar-refractivity contribution in [1.82, 2.24) is 4.98 Å². The molecule has 0 bridgehead atoms. The number of nitrogens with zero attached hydrogens (tertiary/aromatic N) is 2. The number of rotatable bonds is 3. The third-order valence-corrected chi connectivity index (χ3v) is 3.86. The Morgan fingerprint density at radius 3 is 2.78 bits per heavy atom. The highest BCUT2D eigenvalue weighted by Gasteiger charge is 2.12. The topological polar surface area (TPSA) is 71.5 Å². The Balaban J connectivity index is 2.42. The molecule has 92 valence electrons. The van der Waals surface area contributed by atoms with Crippen LogP contribution in [0, 0.1) is 0 Å². The molecule has 4 nitrogen and oxygen atoms in total. The second-order valence-corrected chi connectivity index (χ2v) is 5.28. The number of amidine groups is 1. The van der Waals surface area contributed by atoms with Crippen molar-refractivity contribution in [3.8, 4) is 0 Å². The van der Waals surface area contributed by atoms with E-state index in [0.717, 1.165) is 14.4 Å². The molecule has 0 fully saturated rings. The van der Waals surface area contributed by atoms with Gasteiger partial charge in [-0.2, -0.15) is 0 Å². The van der Waals surface area contributed by atoms with Gasteiger partial charge < -0.3 is 10.9 Å². The van der Waals surface area contributed by atoms with E-state index in [1.165, 1.54) is 11.8 Å². The van der Waals surface area contributed by atoms with Gasteiger partial charge in [0.1, 0.15) is 5.03 Å². The fraction of sp³-hybridized carbons (Fsp3) is 0. The molecular formula is C12H10BrN3OS. The summed E-state index contributed by atoms with van der Waals surface area (Å²) in [6.45, 7) is 0. The highest BCUT2D eigenvalue weighted by atomic mass is 79.9. The third kappa shape index (κ3) is 2.83. The third-order valence-electron chi connectivity index (χ3n) is 2.19. The van der Waals surface area contributed by atoms with Crippen LogP contribution >= 0.6 is 27.7 Å². The van der Waals surface area contributed by atoms with Crippen molar-refractivity contribution in [2.75, 3.05) is 0 Å². The number of aromatic nitrogens is 1. The number of nitrogens with two attached hydrogens (primary N) is 1. The molecule has 0 saturated carbocycles. The molecule has 0 aliphatic rings. The number of halogens is 1. The molecule has 3 N–H and O–H groups in total. The van der Waals surface area contributed by atoms with Gasteiger partial charge in [0.15, 0.2) is 5.84 Å². The lowest BCUT2D eigenvalue weighted by molar-refractivity contribution is 0.318. The minimum Gasteiger partial charge on any atom is -0.409 e. The summed E-state index contributed by atoms with van der Waals surface area (Å²) >= 11 is 4.86. The zero-order valence-electron chi connectivity index (χ0n) is 9.25. The van der Waals surface area contributed by atoms with Gasteiger partial charge in [-0.05, 0) is 40.2 Å². The molecule has 0 aliphatic heterocycles. The fourth-order valence-electron chi connectivity index (χ4n) is 1.41. The molecule has 0 aliphatic carbocycles. The van der Waals surface area contributed by atoms with Crippen LogP contribution in [0.2, 0.25) is 0 Å². The molecule has 0 unspecified atom stereocenters. The van der Waals surface area contributed by atoms with Crippen LogP contribution in [-0.2, 0) is 0 Å². The second-order valence-electron chi connectivity index (χ2n) is 3.37. The average molecular weight is 324 g/mol. The summed E-state index contributed by atoms with van der Waals surface area (Å²) in [7, 11) is 0. The molecule has 1 aromatic heterocycles. The summed E-state index contributed by atoms with van der Waals surface area (Å²) in [5, 5.41) is 12.7. The van der Waals surface area contributed by atoms with Crippen LogP contribution < -0.4 is 5.73 Å². The van der Waals surface area contributed by atoms with Crippen LogP contribution in [0.15, 0.2) is 62.1 Å². The van der Waals surface area contributed by atoms with Crippen molar-refractivity contribution in [2.45, 2.75) is 9.92 Å². The first-order valence-corrected chi connectivity index (χ1v) is 6.68. The highest BCUT2D eigenvalue weighted by Crippen LogP contribution is 2.32. The summed E-state index contributed by atoms with van der Waals surface area (Å²) in [6.07, 6.45) is 1.73. The Bertz CT molecular complexity index is 575. The van der Waals surface area contributed by atoms with E-state index in [2.05, 4.69) is 26.1 Å². The summed E-state index contributed by atoms with van der Waals surface area (Å²) < 4.78 is 0.777. The highest BCUT2D eigenvalue weighted by molar-refractivity contribution is 9.10. The standard InChI is InChI=1S/C12H10BrN3OS/c13-8-4-3-5-9(11(8)12(14)16-17)18-10-6-1-2-7-15-10/h1-7,17H,(H2,14,16). The number of oxime groups is 1. The number of pyridine rings is 1. The van der Waals surface area contributed by atoms with Crippen molar-refractivity contribution < 1.29 is 5.21 Å². The molecule has 0 radical (unpaired) electrons. The average Bonchev–Trinajstić information content (AvgIpc) is 2.39. The zero-order chi connectivity index (χ0) is 13.0. The van der Waals surface area contributed by atoms with E-state index in [-0.39, 0.29) is 5.84 Å². The summed E-state index contributed by atoms with van der Waals surface area (Å²) in [6, 6.07) is 11.3. The van der Waals surface area contributed by atoms with Crippen LogP contribution in [0.5, 0.6) is 0 Å². The van der Waals surface area contributed by atoms with Crippen molar-refractivity contribution in [3.63, 3.8) is 0 Å². The van der Waals surface area contributed by atoms with E-state index < -0.39 is 0 Å². The van der Waals surface area contributed by atoms with Gasteiger partial charge in [0.05, 0.1) is 0 Å². The molecule has 1 aromatic carbocycles. The van der Waals surface area contributed by atoms with Crippen LogP contribution in [-0.4, -0.2) is 16.0 Å². The predicted octanol–water partition coefficient (Wildman–Crippen LogP) is 3.09. The van der Waals surface area contributed by atoms with Gasteiger partial charge in [-0.3, -0.25) is 0 Å². The van der Waals surface area contributed by atoms with Gasteiger partial charge >= 0.3 is 0 Å². The van der Waals surface area contributed by atoms with Gasteiger partial charge in [-0.1, -0.05) is 29.1 Å².